The molecule has 1 aliphatic heterocycles. The summed E-state index contributed by atoms with van der Waals surface area (Å²) in [5, 5.41) is 23.2. The molecule has 0 bridgehead atoms. The molecule has 2 atom stereocenters. The molecule has 7 heteroatoms. The summed E-state index contributed by atoms with van der Waals surface area (Å²) >= 11 is 0. The topological polar surface area (TPSA) is 85.3 Å². The van der Waals surface area contributed by atoms with E-state index in [-0.39, 0.29) is 13.0 Å². The van der Waals surface area contributed by atoms with Crippen molar-refractivity contribution in [3.63, 3.8) is 0 Å². The number of alkyl carbamates (subject to hydrolysis) is 1. The number of carbonyl (C=O) groups excluding carboxylic acids is 1. The molecule has 1 aromatic rings. The lowest BCUT2D eigenvalue weighted by molar-refractivity contribution is 0.0123. The number of nitrogens with one attached hydrogen (secondary N) is 1. The molecule has 1 saturated heterocycles. The fourth-order valence-electron chi connectivity index (χ4n) is 2.96. The normalized spacial score (nSPS) is 18.1. The van der Waals surface area contributed by atoms with Crippen molar-refractivity contribution in [2.45, 2.75) is 45.0 Å². The first kappa shape index (κ1) is 21.5. The Bertz CT molecular complexity index is 592. The van der Waals surface area contributed by atoms with Crippen LogP contribution in [0.5, 0.6) is 0 Å². The summed E-state index contributed by atoms with van der Waals surface area (Å²) in [5.74, 6) is 0. The van der Waals surface area contributed by atoms with Crippen LogP contribution in [-0.4, -0.2) is 72.7 Å². The highest BCUT2D eigenvalue weighted by atomic mass is 16.6. The minimum absolute atomic E-state index is 0.229. The Kier molecular flexibility index (Phi) is 7.47. The number of hydrogen-bond acceptors (Lipinski definition) is 6. The molecule has 152 valence electrons. The third kappa shape index (κ3) is 7.01. The first-order valence-electron chi connectivity index (χ1n) is 9.52. The Morgan fingerprint density at radius 2 is 1.74 bits per heavy atom. The van der Waals surface area contributed by atoms with Crippen molar-refractivity contribution >= 4 is 11.8 Å². The first-order chi connectivity index (χ1) is 12.7. The lowest BCUT2D eigenvalue weighted by Crippen LogP contribution is -2.44. The summed E-state index contributed by atoms with van der Waals surface area (Å²) in [5.41, 5.74) is 1.23. The lowest BCUT2D eigenvalue weighted by atomic mass is 10.0. The van der Waals surface area contributed by atoms with Gasteiger partial charge in [-0.25, -0.2) is 4.79 Å². The van der Waals surface area contributed by atoms with E-state index in [1.165, 1.54) is 0 Å². The van der Waals surface area contributed by atoms with Gasteiger partial charge in [-0.15, -0.1) is 0 Å². The van der Waals surface area contributed by atoms with Crippen molar-refractivity contribution in [2.75, 3.05) is 44.7 Å². The van der Waals surface area contributed by atoms with E-state index in [2.05, 4.69) is 22.2 Å². The van der Waals surface area contributed by atoms with Gasteiger partial charge < -0.3 is 30.1 Å². The number of aliphatic hydroxyl groups is 2. The highest BCUT2D eigenvalue weighted by molar-refractivity contribution is 5.67. The third-order valence-corrected chi connectivity index (χ3v) is 4.58. The van der Waals surface area contributed by atoms with Crippen LogP contribution < -0.4 is 10.2 Å². The highest BCUT2D eigenvalue weighted by Gasteiger charge is 2.21. The van der Waals surface area contributed by atoms with Crippen molar-refractivity contribution in [1.82, 2.24) is 10.2 Å². The number of rotatable bonds is 6. The molecule has 0 spiro atoms. The number of benzene rings is 1. The minimum atomic E-state index is -0.994. The predicted molar refractivity (Wildman–Crippen MR) is 106 cm³/mol. The number of ether oxygens (including phenoxy) is 1. The number of piperazine rings is 1. The molecule has 27 heavy (non-hydrogen) atoms. The quantitative estimate of drug-likeness (QED) is 0.698. The predicted octanol–water partition coefficient (Wildman–Crippen LogP) is 1.75. The maximum atomic E-state index is 11.6. The molecule has 1 fully saturated rings. The summed E-state index contributed by atoms with van der Waals surface area (Å²) in [4.78, 5) is 16.2. The second-order valence-electron chi connectivity index (χ2n) is 8.11. The van der Waals surface area contributed by atoms with E-state index in [0.29, 0.717) is 5.56 Å². The number of amides is 1. The van der Waals surface area contributed by atoms with Crippen LogP contribution in [0.4, 0.5) is 10.5 Å². The molecule has 0 aromatic heterocycles. The molecule has 2 unspecified atom stereocenters. The van der Waals surface area contributed by atoms with Crippen LogP contribution in [-0.2, 0) is 4.74 Å². The summed E-state index contributed by atoms with van der Waals surface area (Å²) < 4.78 is 5.14. The first-order valence-corrected chi connectivity index (χ1v) is 9.52. The molecule has 0 radical (unpaired) electrons. The van der Waals surface area contributed by atoms with E-state index in [0.717, 1.165) is 31.9 Å². The number of hydrogen-bond donors (Lipinski definition) is 3. The van der Waals surface area contributed by atoms with Gasteiger partial charge in [0.1, 0.15) is 11.7 Å². The van der Waals surface area contributed by atoms with Gasteiger partial charge in [-0.05, 0) is 51.9 Å². The number of anilines is 1. The standard InChI is InChI=1S/C20H33N3O4/c1-20(2,3)27-19(26)21-10-9-17(24)18(25)15-5-7-16(8-6-15)23-13-11-22(4)12-14-23/h5-8,17-18,24-25H,9-14H2,1-4H3,(H,21,26). The smallest absolute Gasteiger partial charge is 0.407 e. The van der Waals surface area contributed by atoms with E-state index in [1.807, 2.05) is 24.3 Å². The Morgan fingerprint density at radius 1 is 1.15 bits per heavy atom. The molecule has 1 amide bonds. The van der Waals surface area contributed by atoms with Crippen LogP contribution in [0.1, 0.15) is 38.9 Å². The van der Waals surface area contributed by atoms with Gasteiger partial charge >= 0.3 is 6.09 Å². The lowest BCUT2D eigenvalue weighted by Gasteiger charge is -2.34. The van der Waals surface area contributed by atoms with Gasteiger partial charge in [0.05, 0.1) is 6.10 Å². The van der Waals surface area contributed by atoms with Crippen molar-refractivity contribution in [3.05, 3.63) is 29.8 Å². The molecule has 0 saturated carbocycles. The van der Waals surface area contributed by atoms with E-state index in [1.54, 1.807) is 20.8 Å². The number of carbonyl (C=O) groups is 1. The van der Waals surface area contributed by atoms with Crippen LogP contribution in [0, 0.1) is 0 Å². The Balaban J connectivity index is 1.80. The van der Waals surface area contributed by atoms with Crippen LogP contribution >= 0.6 is 0 Å². The van der Waals surface area contributed by atoms with Gasteiger partial charge in [0.2, 0.25) is 0 Å². The van der Waals surface area contributed by atoms with Gasteiger partial charge in [-0.3, -0.25) is 0 Å². The third-order valence-electron chi connectivity index (χ3n) is 4.58. The Hall–Kier alpha value is -1.83. The maximum absolute atomic E-state index is 11.6. The zero-order valence-corrected chi connectivity index (χ0v) is 16.8. The average Bonchev–Trinajstić information content (AvgIpc) is 2.60. The molecule has 2 rings (SSSR count). The van der Waals surface area contributed by atoms with E-state index >= 15 is 0 Å². The van der Waals surface area contributed by atoms with Gasteiger partial charge in [0.25, 0.3) is 0 Å². The zero-order chi connectivity index (χ0) is 20.0. The molecule has 1 aliphatic rings. The second-order valence-corrected chi connectivity index (χ2v) is 8.11. The van der Waals surface area contributed by atoms with Crippen molar-refractivity contribution in [3.8, 4) is 0 Å². The fraction of sp³-hybridized carbons (Fsp3) is 0.650. The van der Waals surface area contributed by atoms with Crippen LogP contribution in [0.15, 0.2) is 24.3 Å². The van der Waals surface area contributed by atoms with Gasteiger partial charge in [0.15, 0.2) is 0 Å². The van der Waals surface area contributed by atoms with Crippen molar-refractivity contribution in [2.24, 2.45) is 0 Å². The fourth-order valence-corrected chi connectivity index (χ4v) is 2.96. The van der Waals surface area contributed by atoms with Crippen LogP contribution in [0.3, 0.4) is 0 Å². The Labute approximate surface area is 161 Å². The second kappa shape index (κ2) is 9.39. The minimum Gasteiger partial charge on any atom is -0.444 e. The molecule has 7 nitrogen and oxygen atoms in total. The molecule has 3 N–H and O–H groups in total. The monoisotopic (exact) mass is 379 g/mol. The summed E-state index contributed by atoms with van der Waals surface area (Å²) in [6.45, 7) is 9.63. The SMILES string of the molecule is CN1CCN(c2ccc(C(O)C(O)CCNC(=O)OC(C)(C)C)cc2)CC1. The summed E-state index contributed by atoms with van der Waals surface area (Å²) in [7, 11) is 2.12. The van der Waals surface area contributed by atoms with E-state index in [9.17, 15) is 15.0 Å². The van der Waals surface area contributed by atoms with Gasteiger partial charge in [-0.2, -0.15) is 0 Å². The molecule has 1 heterocycles. The molecule has 1 aromatic carbocycles. The maximum Gasteiger partial charge on any atom is 0.407 e. The number of likely N-dealkylation sites (N-methyl/N-ethyl adjacent to an activating group) is 1. The molecule has 0 aliphatic carbocycles. The summed E-state index contributed by atoms with van der Waals surface area (Å²) in [6.07, 6.45) is -2.25. The zero-order valence-electron chi connectivity index (χ0n) is 16.8. The average molecular weight is 380 g/mol. The van der Waals surface area contributed by atoms with E-state index < -0.39 is 23.9 Å². The van der Waals surface area contributed by atoms with Crippen molar-refractivity contribution < 1.29 is 19.7 Å². The van der Waals surface area contributed by atoms with Gasteiger partial charge in [-0.1, -0.05) is 12.1 Å². The summed E-state index contributed by atoms with van der Waals surface area (Å²) in [6, 6.07) is 7.66. The molecular weight excluding hydrogens is 346 g/mol. The van der Waals surface area contributed by atoms with Crippen molar-refractivity contribution in [1.29, 1.82) is 0 Å². The van der Waals surface area contributed by atoms with Crippen LogP contribution in [0.2, 0.25) is 0 Å². The number of aliphatic hydroxyl groups excluding tert-OH is 2. The molecular formula is C20H33N3O4. The largest absolute Gasteiger partial charge is 0.444 e. The highest BCUT2D eigenvalue weighted by Crippen LogP contribution is 2.23. The number of nitrogens with zero attached hydrogens (tertiary/aromatic N) is 2. The van der Waals surface area contributed by atoms with E-state index in [4.69, 9.17) is 4.74 Å². The van der Waals surface area contributed by atoms with Crippen LogP contribution in [0.25, 0.3) is 0 Å². The van der Waals surface area contributed by atoms with Gasteiger partial charge in [0, 0.05) is 38.4 Å². The Morgan fingerprint density at radius 3 is 2.30 bits per heavy atom.